The van der Waals surface area contributed by atoms with Crippen LogP contribution in [0.3, 0.4) is 0 Å². The molecule has 0 saturated heterocycles. The van der Waals surface area contributed by atoms with Gasteiger partial charge >= 0.3 is 0 Å². The fourth-order valence-electron chi connectivity index (χ4n) is 3.57. The smallest absolute Gasteiger partial charge is 0.244 e. The van der Waals surface area contributed by atoms with E-state index < -0.39 is 32.7 Å². The van der Waals surface area contributed by atoms with Gasteiger partial charge in [-0.2, -0.15) is 9.82 Å². The summed E-state index contributed by atoms with van der Waals surface area (Å²) in [6, 6.07) is 14.6. The fourth-order valence-corrected chi connectivity index (χ4v) is 4.84. The van der Waals surface area contributed by atoms with Crippen LogP contribution in [0.5, 0.6) is 0 Å². The van der Waals surface area contributed by atoms with Crippen molar-refractivity contribution in [2.24, 2.45) is 0 Å². The molecule has 2 N–H and O–H groups in total. The minimum Gasteiger partial charge on any atom is -0.323 e. The number of aromatic nitrogens is 3. The van der Waals surface area contributed by atoms with E-state index >= 15 is 0 Å². The number of carbonyl (C=O) groups excluding carboxylic acids is 1. The molecule has 4 aromatic rings. The molecular formula is C24H24FN5O3S. The third-order valence-electron chi connectivity index (χ3n) is 5.21. The summed E-state index contributed by atoms with van der Waals surface area (Å²) < 4.78 is 44.1. The highest BCUT2D eigenvalue weighted by Gasteiger charge is 2.28. The van der Waals surface area contributed by atoms with E-state index in [0.29, 0.717) is 11.3 Å². The van der Waals surface area contributed by atoms with Crippen LogP contribution in [0.2, 0.25) is 0 Å². The van der Waals surface area contributed by atoms with Crippen molar-refractivity contribution in [1.29, 1.82) is 0 Å². The first kappa shape index (κ1) is 23.5. The van der Waals surface area contributed by atoms with Crippen LogP contribution in [0.25, 0.3) is 11.0 Å². The first-order chi connectivity index (χ1) is 16.2. The topological polar surface area (TPSA) is 106 Å². The molecule has 0 radical (unpaired) electrons. The molecule has 0 aliphatic rings. The molecule has 8 nitrogen and oxygen atoms in total. The zero-order valence-corrected chi connectivity index (χ0v) is 19.5. The van der Waals surface area contributed by atoms with Crippen molar-refractivity contribution in [3.05, 3.63) is 84.4 Å². The van der Waals surface area contributed by atoms with E-state index in [1.807, 2.05) is 19.9 Å². The molecule has 0 fully saturated rings. The lowest BCUT2D eigenvalue weighted by Gasteiger charge is -2.19. The molecule has 4 rings (SSSR count). The van der Waals surface area contributed by atoms with Crippen LogP contribution in [0.15, 0.2) is 78.0 Å². The van der Waals surface area contributed by atoms with E-state index in [9.17, 15) is 17.6 Å². The number of amides is 1. The summed E-state index contributed by atoms with van der Waals surface area (Å²) in [5.41, 5.74) is 1.81. The maximum absolute atomic E-state index is 14.2. The van der Waals surface area contributed by atoms with Gasteiger partial charge < -0.3 is 5.32 Å². The van der Waals surface area contributed by atoms with Crippen LogP contribution in [-0.2, 0) is 21.2 Å². The van der Waals surface area contributed by atoms with Crippen molar-refractivity contribution >= 4 is 32.7 Å². The summed E-state index contributed by atoms with van der Waals surface area (Å²) in [5, 5.41) is 7.77. The normalized spacial score (nSPS) is 12.7. The Morgan fingerprint density at radius 1 is 1.06 bits per heavy atom. The summed E-state index contributed by atoms with van der Waals surface area (Å²) in [6.07, 6.45) is 3.22. The average Bonchev–Trinajstić information content (AvgIpc) is 3.23. The zero-order chi connectivity index (χ0) is 24.3. The Hall–Kier alpha value is -3.63. The summed E-state index contributed by atoms with van der Waals surface area (Å²) in [4.78, 5) is 17.0. The number of fused-ring (bicyclic) bond motifs is 1. The first-order valence-electron chi connectivity index (χ1n) is 10.7. The van der Waals surface area contributed by atoms with Crippen molar-refractivity contribution in [3.8, 4) is 0 Å². The molecule has 1 atom stereocenters. The predicted octanol–water partition coefficient (Wildman–Crippen LogP) is 3.68. The number of nitrogens with one attached hydrogen (secondary N) is 2. The number of benzene rings is 2. The highest BCUT2D eigenvalue weighted by molar-refractivity contribution is 7.89. The Balaban J connectivity index is 1.61. The molecule has 2 aromatic heterocycles. The number of hydrogen-bond donors (Lipinski definition) is 2. The highest BCUT2D eigenvalue weighted by atomic mass is 32.2. The summed E-state index contributed by atoms with van der Waals surface area (Å²) in [7, 11) is -4.30. The second kappa shape index (κ2) is 9.70. The largest absolute Gasteiger partial charge is 0.323 e. The Morgan fingerprint density at radius 2 is 1.76 bits per heavy atom. The molecule has 2 heterocycles. The van der Waals surface area contributed by atoms with Crippen LogP contribution in [0.4, 0.5) is 10.1 Å². The van der Waals surface area contributed by atoms with Gasteiger partial charge in [0.05, 0.1) is 18.1 Å². The summed E-state index contributed by atoms with van der Waals surface area (Å²) >= 11 is 0. The molecule has 176 valence electrons. The van der Waals surface area contributed by atoms with Crippen molar-refractivity contribution in [3.63, 3.8) is 0 Å². The van der Waals surface area contributed by atoms with E-state index in [0.717, 1.165) is 23.1 Å². The van der Waals surface area contributed by atoms with E-state index in [-0.39, 0.29) is 12.5 Å². The molecule has 34 heavy (non-hydrogen) atoms. The van der Waals surface area contributed by atoms with Crippen LogP contribution in [0.1, 0.15) is 25.5 Å². The van der Waals surface area contributed by atoms with Crippen LogP contribution in [0, 0.1) is 5.82 Å². The van der Waals surface area contributed by atoms with Gasteiger partial charge in [0.15, 0.2) is 5.65 Å². The summed E-state index contributed by atoms with van der Waals surface area (Å²) in [5.74, 6) is -1.49. The molecule has 2 aromatic carbocycles. The second-order valence-corrected chi connectivity index (χ2v) is 9.79. The quantitative estimate of drug-likeness (QED) is 0.399. The number of sulfonamides is 1. The van der Waals surface area contributed by atoms with Gasteiger partial charge in [-0.3, -0.25) is 4.79 Å². The van der Waals surface area contributed by atoms with E-state index in [2.05, 4.69) is 20.1 Å². The second-order valence-electron chi connectivity index (χ2n) is 8.10. The number of pyridine rings is 1. The summed E-state index contributed by atoms with van der Waals surface area (Å²) in [6.45, 7) is 3.97. The van der Waals surface area contributed by atoms with Crippen LogP contribution >= 0.6 is 0 Å². The lowest BCUT2D eigenvalue weighted by molar-refractivity contribution is -0.117. The highest BCUT2D eigenvalue weighted by Crippen LogP contribution is 2.20. The Bertz CT molecular complexity index is 1420. The van der Waals surface area contributed by atoms with Gasteiger partial charge in [-0.15, -0.1) is 0 Å². The molecule has 0 bridgehead atoms. The molecule has 0 aliphatic carbocycles. The molecule has 0 saturated carbocycles. The number of hydrogen-bond acceptors (Lipinski definition) is 5. The molecule has 10 heteroatoms. The Kier molecular flexibility index (Phi) is 6.71. The number of carbonyl (C=O) groups is 1. The van der Waals surface area contributed by atoms with Gasteiger partial charge in [0, 0.05) is 11.4 Å². The minimum absolute atomic E-state index is 0.0707. The van der Waals surface area contributed by atoms with Crippen molar-refractivity contribution in [2.75, 3.05) is 5.32 Å². The van der Waals surface area contributed by atoms with Gasteiger partial charge in [0.1, 0.15) is 16.8 Å². The van der Waals surface area contributed by atoms with Gasteiger partial charge in [-0.1, -0.05) is 42.5 Å². The third kappa shape index (κ3) is 5.13. The van der Waals surface area contributed by atoms with Gasteiger partial charge in [-0.25, -0.2) is 22.5 Å². The molecular weight excluding hydrogens is 457 g/mol. The number of nitrogens with zero attached hydrogens (tertiary/aromatic N) is 3. The molecule has 0 aliphatic heterocycles. The zero-order valence-electron chi connectivity index (χ0n) is 18.6. The number of anilines is 1. The lowest BCUT2D eigenvalue weighted by Crippen LogP contribution is -2.45. The van der Waals surface area contributed by atoms with Gasteiger partial charge in [-0.05, 0) is 44.0 Å². The van der Waals surface area contributed by atoms with Crippen LogP contribution in [-0.4, -0.2) is 35.1 Å². The monoisotopic (exact) mass is 481 g/mol. The standard InChI is InChI=1S/C24H24FN5O3S/c1-16(2)30-23-18(14-27-30)13-19(15-26-23)28-24(31)21(12-17-8-4-3-5-9-17)29-34(32,33)22-11-7-6-10-20(22)25/h3-11,13-16,21,29H,12H2,1-2H3,(H,28,31)/t21-/m0/s1. The fraction of sp³-hybridized carbons (Fsp3) is 0.208. The van der Waals surface area contributed by atoms with E-state index in [1.165, 1.54) is 18.3 Å². The predicted molar refractivity (Wildman–Crippen MR) is 127 cm³/mol. The molecule has 1 amide bonds. The maximum Gasteiger partial charge on any atom is 0.244 e. The number of rotatable bonds is 8. The molecule has 0 unspecified atom stereocenters. The van der Waals surface area contributed by atoms with E-state index in [4.69, 9.17) is 0 Å². The Labute approximate surface area is 196 Å². The first-order valence-corrected chi connectivity index (χ1v) is 12.2. The van der Waals surface area contributed by atoms with Crippen molar-refractivity contribution < 1.29 is 17.6 Å². The molecule has 0 spiro atoms. The van der Waals surface area contributed by atoms with Crippen molar-refractivity contribution in [1.82, 2.24) is 19.5 Å². The van der Waals surface area contributed by atoms with Crippen molar-refractivity contribution in [2.45, 2.75) is 37.2 Å². The maximum atomic E-state index is 14.2. The van der Waals surface area contributed by atoms with Gasteiger partial charge in [0.25, 0.3) is 0 Å². The van der Waals surface area contributed by atoms with Gasteiger partial charge in [0.2, 0.25) is 15.9 Å². The minimum atomic E-state index is -4.30. The SMILES string of the molecule is CC(C)n1ncc2cc(NC(=O)[C@H](Cc3ccccc3)NS(=O)(=O)c3ccccc3F)cnc21. The Morgan fingerprint density at radius 3 is 2.47 bits per heavy atom. The van der Waals surface area contributed by atoms with Crippen LogP contribution < -0.4 is 10.0 Å². The lowest BCUT2D eigenvalue weighted by atomic mass is 10.1. The third-order valence-corrected chi connectivity index (χ3v) is 6.72. The van der Waals surface area contributed by atoms with E-state index in [1.54, 1.807) is 41.2 Å². The number of halogens is 1. The average molecular weight is 482 g/mol.